The number of para-hydroxylation sites is 2. The van der Waals surface area contributed by atoms with Crippen molar-refractivity contribution >= 4 is 17.4 Å². The van der Waals surface area contributed by atoms with Crippen molar-refractivity contribution in [3.05, 3.63) is 54.1 Å². The zero-order chi connectivity index (χ0) is 20.1. The number of alkyl halides is 3. The van der Waals surface area contributed by atoms with E-state index in [9.17, 15) is 18.0 Å². The van der Waals surface area contributed by atoms with Crippen LogP contribution in [-0.2, 0) is 6.18 Å². The summed E-state index contributed by atoms with van der Waals surface area (Å²) in [5.41, 5.74) is 0.663. The molecule has 0 atom stereocenters. The first-order valence-corrected chi connectivity index (χ1v) is 9.08. The number of urea groups is 1. The molecule has 1 heterocycles. The van der Waals surface area contributed by atoms with E-state index >= 15 is 0 Å². The Morgan fingerprint density at radius 2 is 1.68 bits per heavy atom. The van der Waals surface area contributed by atoms with E-state index in [-0.39, 0.29) is 6.03 Å². The van der Waals surface area contributed by atoms with E-state index in [2.05, 4.69) is 5.32 Å². The lowest BCUT2D eigenvalue weighted by Gasteiger charge is -2.36. The topological polar surface area (TPSA) is 44.8 Å². The van der Waals surface area contributed by atoms with Crippen molar-refractivity contribution in [3.63, 3.8) is 0 Å². The molecule has 1 aliphatic heterocycles. The Morgan fingerprint density at radius 1 is 1.04 bits per heavy atom. The van der Waals surface area contributed by atoms with Crippen molar-refractivity contribution in [2.75, 3.05) is 43.0 Å². The van der Waals surface area contributed by atoms with Crippen LogP contribution in [0.5, 0.6) is 5.75 Å². The number of nitrogens with one attached hydrogen (secondary N) is 1. The molecule has 0 unspecified atom stereocenters. The number of hydrogen-bond donors (Lipinski definition) is 1. The third kappa shape index (κ3) is 4.68. The summed E-state index contributed by atoms with van der Waals surface area (Å²) >= 11 is 0. The van der Waals surface area contributed by atoms with Crippen molar-refractivity contribution in [2.45, 2.75) is 13.1 Å². The summed E-state index contributed by atoms with van der Waals surface area (Å²) < 4.78 is 43.6. The van der Waals surface area contributed by atoms with E-state index in [0.29, 0.717) is 44.2 Å². The summed E-state index contributed by atoms with van der Waals surface area (Å²) in [5, 5.41) is 2.86. The molecule has 8 heteroatoms. The Hall–Kier alpha value is -2.90. The van der Waals surface area contributed by atoms with Gasteiger partial charge in [-0.3, -0.25) is 0 Å². The van der Waals surface area contributed by atoms with E-state index in [1.54, 1.807) is 17.0 Å². The zero-order valence-electron chi connectivity index (χ0n) is 15.5. The van der Waals surface area contributed by atoms with Crippen LogP contribution in [0.25, 0.3) is 0 Å². The maximum Gasteiger partial charge on any atom is 0.416 e. The lowest BCUT2D eigenvalue weighted by molar-refractivity contribution is -0.137. The zero-order valence-corrected chi connectivity index (χ0v) is 15.5. The van der Waals surface area contributed by atoms with E-state index in [4.69, 9.17) is 4.74 Å². The van der Waals surface area contributed by atoms with Crippen LogP contribution < -0.4 is 15.0 Å². The average Bonchev–Trinajstić information content (AvgIpc) is 2.69. The van der Waals surface area contributed by atoms with E-state index in [1.807, 2.05) is 24.0 Å². The first kappa shape index (κ1) is 19.9. The lowest BCUT2D eigenvalue weighted by Crippen LogP contribution is -2.50. The molecule has 28 heavy (non-hydrogen) atoms. The highest BCUT2D eigenvalue weighted by Crippen LogP contribution is 2.31. The number of halogens is 3. The van der Waals surface area contributed by atoms with Crippen LogP contribution >= 0.6 is 0 Å². The van der Waals surface area contributed by atoms with E-state index in [0.717, 1.165) is 17.8 Å². The number of ether oxygens (including phenoxy) is 1. The van der Waals surface area contributed by atoms with Crippen LogP contribution in [0.2, 0.25) is 0 Å². The van der Waals surface area contributed by atoms with E-state index in [1.165, 1.54) is 12.1 Å². The summed E-state index contributed by atoms with van der Waals surface area (Å²) in [6, 6.07) is 12.1. The highest BCUT2D eigenvalue weighted by molar-refractivity contribution is 5.91. The minimum Gasteiger partial charge on any atom is -0.492 e. The van der Waals surface area contributed by atoms with Gasteiger partial charge in [0, 0.05) is 31.9 Å². The van der Waals surface area contributed by atoms with E-state index < -0.39 is 11.7 Å². The molecule has 0 spiro atoms. The van der Waals surface area contributed by atoms with Gasteiger partial charge in [0.1, 0.15) is 5.75 Å². The number of benzene rings is 2. The third-order valence-corrected chi connectivity index (χ3v) is 4.56. The van der Waals surface area contributed by atoms with Crippen LogP contribution in [0.15, 0.2) is 48.5 Å². The number of rotatable bonds is 4. The molecule has 1 N–H and O–H groups in total. The molecule has 0 aliphatic carbocycles. The molecule has 5 nitrogen and oxygen atoms in total. The summed E-state index contributed by atoms with van der Waals surface area (Å²) in [4.78, 5) is 16.2. The molecule has 1 saturated heterocycles. The molecule has 2 aromatic rings. The molecular weight excluding hydrogens is 371 g/mol. The smallest absolute Gasteiger partial charge is 0.416 e. The normalized spacial score (nSPS) is 14.7. The van der Waals surface area contributed by atoms with Crippen LogP contribution in [0, 0.1) is 0 Å². The molecule has 150 valence electrons. The Kier molecular flexibility index (Phi) is 5.96. The van der Waals surface area contributed by atoms with Gasteiger partial charge in [-0.1, -0.05) is 12.1 Å². The number of amides is 2. The summed E-state index contributed by atoms with van der Waals surface area (Å²) in [6.45, 7) is 4.42. The number of piperazine rings is 1. The predicted molar refractivity (Wildman–Crippen MR) is 102 cm³/mol. The van der Waals surface area contributed by atoms with Gasteiger partial charge in [-0.15, -0.1) is 0 Å². The van der Waals surface area contributed by atoms with Gasteiger partial charge in [0.2, 0.25) is 0 Å². The number of carbonyl (C=O) groups excluding carboxylic acids is 1. The summed E-state index contributed by atoms with van der Waals surface area (Å²) in [6.07, 6.45) is -4.34. The first-order valence-electron chi connectivity index (χ1n) is 9.08. The first-order chi connectivity index (χ1) is 13.4. The van der Waals surface area contributed by atoms with Crippen LogP contribution in [0.3, 0.4) is 0 Å². The minimum absolute atomic E-state index is 0.223. The number of carbonyl (C=O) groups is 1. The standard InChI is InChI=1S/C20H22F3N3O2/c1-2-28-18-6-4-3-5-17(18)24-19(27)26-13-11-25(12-14-26)16-9-7-15(8-10-16)20(21,22)23/h3-10H,2,11-14H2,1H3,(H,24,27). The number of nitrogens with zero attached hydrogens (tertiary/aromatic N) is 2. The van der Waals surface area contributed by atoms with Gasteiger partial charge in [-0.2, -0.15) is 13.2 Å². The van der Waals surface area contributed by atoms with Crippen molar-refractivity contribution in [2.24, 2.45) is 0 Å². The Morgan fingerprint density at radius 3 is 2.29 bits per heavy atom. The highest BCUT2D eigenvalue weighted by Gasteiger charge is 2.30. The van der Waals surface area contributed by atoms with Gasteiger partial charge in [0.05, 0.1) is 17.9 Å². The minimum atomic E-state index is -4.34. The summed E-state index contributed by atoms with van der Waals surface area (Å²) in [5.74, 6) is 0.613. The van der Waals surface area contributed by atoms with Crippen LogP contribution in [0.4, 0.5) is 29.3 Å². The summed E-state index contributed by atoms with van der Waals surface area (Å²) in [7, 11) is 0. The van der Waals surface area contributed by atoms with Crippen molar-refractivity contribution in [3.8, 4) is 5.75 Å². The lowest BCUT2D eigenvalue weighted by atomic mass is 10.1. The molecule has 1 fully saturated rings. The third-order valence-electron chi connectivity index (χ3n) is 4.56. The SMILES string of the molecule is CCOc1ccccc1NC(=O)N1CCN(c2ccc(C(F)(F)F)cc2)CC1. The molecular formula is C20H22F3N3O2. The Bertz CT molecular complexity index is 801. The van der Waals surface area contributed by atoms with Crippen molar-refractivity contribution in [1.82, 2.24) is 4.90 Å². The van der Waals surface area contributed by atoms with Crippen LogP contribution in [-0.4, -0.2) is 43.7 Å². The molecule has 0 bridgehead atoms. The molecule has 2 aromatic carbocycles. The number of hydrogen-bond acceptors (Lipinski definition) is 3. The molecule has 0 radical (unpaired) electrons. The Balaban J connectivity index is 1.57. The Labute approximate surface area is 161 Å². The maximum atomic E-state index is 12.7. The van der Waals surface area contributed by atoms with Gasteiger partial charge in [-0.25, -0.2) is 4.79 Å². The molecule has 2 amide bonds. The second kappa shape index (κ2) is 8.41. The predicted octanol–water partition coefficient (Wildman–Crippen LogP) is 4.46. The monoisotopic (exact) mass is 393 g/mol. The highest BCUT2D eigenvalue weighted by atomic mass is 19.4. The largest absolute Gasteiger partial charge is 0.492 e. The fraction of sp³-hybridized carbons (Fsp3) is 0.350. The average molecular weight is 393 g/mol. The van der Waals surface area contributed by atoms with Crippen molar-refractivity contribution in [1.29, 1.82) is 0 Å². The van der Waals surface area contributed by atoms with Gasteiger partial charge in [0.15, 0.2) is 0 Å². The fourth-order valence-electron chi connectivity index (χ4n) is 3.07. The molecule has 0 aromatic heterocycles. The van der Waals surface area contributed by atoms with Gasteiger partial charge in [0.25, 0.3) is 0 Å². The van der Waals surface area contributed by atoms with Gasteiger partial charge < -0.3 is 19.9 Å². The quantitative estimate of drug-likeness (QED) is 0.834. The van der Waals surface area contributed by atoms with Crippen molar-refractivity contribution < 1.29 is 22.7 Å². The second-order valence-corrected chi connectivity index (χ2v) is 6.38. The van der Waals surface area contributed by atoms with Gasteiger partial charge >= 0.3 is 12.2 Å². The van der Waals surface area contributed by atoms with Crippen LogP contribution in [0.1, 0.15) is 12.5 Å². The molecule has 3 rings (SSSR count). The molecule has 0 saturated carbocycles. The maximum absolute atomic E-state index is 12.7. The fourth-order valence-corrected chi connectivity index (χ4v) is 3.07. The number of anilines is 2. The van der Waals surface area contributed by atoms with Gasteiger partial charge in [-0.05, 0) is 43.3 Å². The molecule has 1 aliphatic rings. The second-order valence-electron chi connectivity index (χ2n) is 6.38.